The van der Waals surface area contributed by atoms with Crippen LogP contribution in [0.3, 0.4) is 0 Å². The van der Waals surface area contributed by atoms with Crippen molar-refractivity contribution in [2.45, 2.75) is 25.7 Å². The lowest BCUT2D eigenvalue weighted by atomic mass is 10.1. The Hall–Kier alpha value is -1.55. The summed E-state index contributed by atoms with van der Waals surface area (Å²) in [4.78, 5) is 16.6. The standard InChI is InChI=1S/C15H21N3O/c16-13-5-4-12-6-9-18(14(12)10-13)15(19)11-17-7-2-1-3-8-17/h4-5,10H,1-3,6-9,11,16H2. The van der Waals surface area contributed by atoms with Crippen LogP contribution in [0, 0.1) is 0 Å². The molecular formula is C15H21N3O. The average molecular weight is 259 g/mol. The van der Waals surface area contributed by atoms with E-state index in [2.05, 4.69) is 4.90 Å². The zero-order chi connectivity index (χ0) is 13.2. The molecule has 0 bridgehead atoms. The van der Waals surface area contributed by atoms with Gasteiger partial charge in [0.2, 0.25) is 5.91 Å². The van der Waals surface area contributed by atoms with Gasteiger partial charge in [-0.25, -0.2) is 0 Å². The van der Waals surface area contributed by atoms with Gasteiger partial charge in [0.15, 0.2) is 0 Å². The number of amides is 1. The molecule has 2 N–H and O–H groups in total. The third-order valence-corrected chi connectivity index (χ3v) is 4.11. The van der Waals surface area contributed by atoms with Gasteiger partial charge in [0.05, 0.1) is 6.54 Å². The summed E-state index contributed by atoms with van der Waals surface area (Å²) in [5.74, 6) is 0.214. The monoisotopic (exact) mass is 259 g/mol. The molecule has 0 saturated carbocycles. The van der Waals surface area contributed by atoms with E-state index in [-0.39, 0.29) is 5.91 Å². The number of rotatable bonds is 2. The number of hydrogen-bond acceptors (Lipinski definition) is 3. The third kappa shape index (κ3) is 2.59. The van der Waals surface area contributed by atoms with Crippen molar-refractivity contribution in [1.82, 2.24) is 4.90 Å². The summed E-state index contributed by atoms with van der Waals surface area (Å²) < 4.78 is 0. The van der Waals surface area contributed by atoms with Crippen LogP contribution < -0.4 is 10.6 Å². The minimum atomic E-state index is 0.214. The number of piperidine rings is 1. The molecule has 3 rings (SSSR count). The highest BCUT2D eigenvalue weighted by molar-refractivity contribution is 5.97. The van der Waals surface area contributed by atoms with Crippen molar-refractivity contribution in [2.75, 3.05) is 36.8 Å². The van der Waals surface area contributed by atoms with E-state index in [1.165, 1.54) is 24.8 Å². The van der Waals surface area contributed by atoms with Gasteiger partial charge in [0, 0.05) is 17.9 Å². The number of nitrogen functional groups attached to an aromatic ring is 1. The van der Waals surface area contributed by atoms with Crippen LogP contribution in [0.1, 0.15) is 24.8 Å². The molecule has 1 saturated heterocycles. The van der Waals surface area contributed by atoms with E-state index in [0.29, 0.717) is 6.54 Å². The highest BCUT2D eigenvalue weighted by Gasteiger charge is 2.26. The predicted octanol–water partition coefficient (Wildman–Crippen LogP) is 1.64. The Morgan fingerprint density at radius 1 is 1.16 bits per heavy atom. The van der Waals surface area contributed by atoms with Crippen molar-refractivity contribution in [3.05, 3.63) is 23.8 Å². The average Bonchev–Trinajstić information content (AvgIpc) is 2.82. The van der Waals surface area contributed by atoms with Gasteiger partial charge < -0.3 is 10.6 Å². The number of benzene rings is 1. The first-order valence-electron chi connectivity index (χ1n) is 7.15. The SMILES string of the molecule is Nc1ccc2c(c1)N(C(=O)CN1CCCCC1)CC2. The molecule has 0 unspecified atom stereocenters. The second-order valence-electron chi connectivity index (χ2n) is 5.52. The van der Waals surface area contributed by atoms with E-state index in [1.807, 2.05) is 23.1 Å². The second kappa shape index (κ2) is 5.21. The number of hydrogen-bond donors (Lipinski definition) is 1. The highest BCUT2D eigenvalue weighted by atomic mass is 16.2. The Balaban J connectivity index is 1.70. The molecule has 0 aliphatic carbocycles. The first kappa shape index (κ1) is 12.5. The molecule has 0 radical (unpaired) electrons. The van der Waals surface area contributed by atoms with Crippen molar-refractivity contribution >= 4 is 17.3 Å². The number of anilines is 2. The maximum atomic E-state index is 12.4. The maximum absolute atomic E-state index is 12.4. The Kier molecular flexibility index (Phi) is 3.42. The van der Waals surface area contributed by atoms with E-state index in [1.54, 1.807) is 0 Å². The second-order valence-corrected chi connectivity index (χ2v) is 5.52. The third-order valence-electron chi connectivity index (χ3n) is 4.11. The van der Waals surface area contributed by atoms with Crippen molar-refractivity contribution in [3.8, 4) is 0 Å². The van der Waals surface area contributed by atoms with Gasteiger partial charge in [0.1, 0.15) is 0 Å². The predicted molar refractivity (Wildman–Crippen MR) is 77.2 cm³/mol. The molecule has 1 aromatic carbocycles. The van der Waals surface area contributed by atoms with Crippen molar-refractivity contribution in [1.29, 1.82) is 0 Å². The van der Waals surface area contributed by atoms with Crippen LogP contribution in [0.2, 0.25) is 0 Å². The topological polar surface area (TPSA) is 49.6 Å². The molecule has 2 heterocycles. The summed E-state index contributed by atoms with van der Waals surface area (Å²) in [7, 11) is 0. The molecular weight excluding hydrogens is 238 g/mol. The van der Waals surface area contributed by atoms with E-state index in [0.717, 1.165) is 37.4 Å². The lowest BCUT2D eigenvalue weighted by Gasteiger charge is -2.28. The van der Waals surface area contributed by atoms with Crippen LogP contribution in [0.5, 0.6) is 0 Å². The van der Waals surface area contributed by atoms with Crippen LogP contribution in [0.25, 0.3) is 0 Å². The van der Waals surface area contributed by atoms with Gasteiger partial charge >= 0.3 is 0 Å². The molecule has 2 aliphatic rings. The smallest absolute Gasteiger partial charge is 0.241 e. The minimum absolute atomic E-state index is 0.214. The number of nitrogens with two attached hydrogens (primary N) is 1. The van der Waals surface area contributed by atoms with Crippen molar-refractivity contribution in [3.63, 3.8) is 0 Å². The molecule has 0 aromatic heterocycles. The quantitative estimate of drug-likeness (QED) is 0.822. The summed E-state index contributed by atoms with van der Waals surface area (Å²) >= 11 is 0. The molecule has 4 nitrogen and oxygen atoms in total. The van der Waals surface area contributed by atoms with Crippen LogP contribution in [-0.2, 0) is 11.2 Å². The van der Waals surface area contributed by atoms with Gasteiger partial charge in [-0.15, -0.1) is 0 Å². The van der Waals surface area contributed by atoms with Crippen LogP contribution >= 0.6 is 0 Å². The molecule has 0 spiro atoms. The summed E-state index contributed by atoms with van der Waals surface area (Å²) in [5, 5.41) is 0. The summed E-state index contributed by atoms with van der Waals surface area (Å²) in [6, 6.07) is 5.88. The molecule has 19 heavy (non-hydrogen) atoms. The number of likely N-dealkylation sites (tertiary alicyclic amines) is 1. The van der Waals surface area contributed by atoms with Gasteiger partial charge in [-0.3, -0.25) is 9.69 Å². The first-order valence-corrected chi connectivity index (χ1v) is 7.15. The summed E-state index contributed by atoms with van der Waals surface area (Å²) in [5.41, 5.74) is 8.81. The van der Waals surface area contributed by atoms with E-state index in [4.69, 9.17) is 5.73 Å². The van der Waals surface area contributed by atoms with Crippen molar-refractivity contribution < 1.29 is 4.79 Å². The van der Waals surface area contributed by atoms with Crippen LogP contribution in [0.4, 0.5) is 11.4 Å². The summed E-state index contributed by atoms with van der Waals surface area (Å²) in [6.07, 6.45) is 4.68. The lowest BCUT2D eigenvalue weighted by Crippen LogP contribution is -2.41. The normalized spacial score (nSPS) is 19.5. The lowest BCUT2D eigenvalue weighted by molar-refractivity contribution is -0.119. The zero-order valence-electron chi connectivity index (χ0n) is 11.3. The first-order chi connectivity index (χ1) is 9.24. The summed E-state index contributed by atoms with van der Waals surface area (Å²) in [6.45, 7) is 3.46. The maximum Gasteiger partial charge on any atom is 0.241 e. The number of carbonyl (C=O) groups excluding carboxylic acids is 1. The fourth-order valence-electron chi connectivity index (χ4n) is 3.05. The zero-order valence-corrected chi connectivity index (χ0v) is 11.3. The molecule has 0 atom stereocenters. The Labute approximate surface area is 114 Å². The van der Waals surface area contributed by atoms with Crippen molar-refractivity contribution in [2.24, 2.45) is 0 Å². The number of carbonyl (C=O) groups is 1. The van der Waals surface area contributed by atoms with E-state index < -0.39 is 0 Å². The highest BCUT2D eigenvalue weighted by Crippen LogP contribution is 2.30. The number of nitrogens with zero attached hydrogens (tertiary/aromatic N) is 2. The van der Waals surface area contributed by atoms with E-state index >= 15 is 0 Å². The Morgan fingerprint density at radius 3 is 2.74 bits per heavy atom. The number of fused-ring (bicyclic) bond motifs is 1. The largest absolute Gasteiger partial charge is 0.399 e. The molecule has 102 valence electrons. The van der Waals surface area contributed by atoms with Gasteiger partial charge in [0.25, 0.3) is 0 Å². The molecule has 4 heteroatoms. The molecule has 1 aromatic rings. The van der Waals surface area contributed by atoms with Crippen LogP contribution in [0.15, 0.2) is 18.2 Å². The van der Waals surface area contributed by atoms with Crippen LogP contribution in [-0.4, -0.2) is 37.0 Å². The van der Waals surface area contributed by atoms with E-state index in [9.17, 15) is 4.79 Å². The fraction of sp³-hybridized carbons (Fsp3) is 0.533. The Bertz CT molecular complexity index is 480. The Morgan fingerprint density at radius 2 is 1.95 bits per heavy atom. The fourth-order valence-corrected chi connectivity index (χ4v) is 3.05. The molecule has 2 aliphatic heterocycles. The molecule has 1 fully saturated rings. The van der Waals surface area contributed by atoms with Gasteiger partial charge in [-0.1, -0.05) is 12.5 Å². The minimum Gasteiger partial charge on any atom is -0.399 e. The van der Waals surface area contributed by atoms with Gasteiger partial charge in [-0.2, -0.15) is 0 Å². The van der Waals surface area contributed by atoms with Gasteiger partial charge in [-0.05, 0) is 50.0 Å². The molecule has 1 amide bonds.